The van der Waals surface area contributed by atoms with Crippen LogP contribution < -0.4 is 9.62 Å². The highest BCUT2D eigenvalue weighted by Crippen LogP contribution is 2.23. The summed E-state index contributed by atoms with van der Waals surface area (Å²) in [7, 11) is -2.12. The number of rotatable bonds is 6. The molecule has 142 valence electrons. The first-order chi connectivity index (χ1) is 12.8. The van der Waals surface area contributed by atoms with Crippen LogP contribution in [0.2, 0.25) is 0 Å². The number of hydrogen-bond donors (Lipinski definition) is 2. The Kier molecular flexibility index (Phi) is 5.18. The molecular weight excluding hydrogens is 369 g/mol. The molecule has 6 nitrogen and oxygen atoms in total. The van der Waals surface area contributed by atoms with Crippen LogP contribution in [0.1, 0.15) is 16.1 Å². The zero-order valence-corrected chi connectivity index (χ0v) is 15.8. The number of halogens is 1. The molecule has 0 unspecified atom stereocenters. The summed E-state index contributed by atoms with van der Waals surface area (Å²) in [5, 5.41) is 3.08. The number of anilines is 1. The second-order valence-electron chi connectivity index (χ2n) is 6.19. The van der Waals surface area contributed by atoms with Gasteiger partial charge < -0.3 is 10.3 Å². The van der Waals surface area contributed by atoms with Crippen LogP contribution in [-0.2, 0) is 10.0 Å². The van der Waals surface area contributed by atoms with Gasteiger partial charge in [0.25, 0.3) is 5.91 Å². The zero-order chi connectivity index (χ0) is 19.6. The third kappa shape index (κ3) is 3.95. The number of amides is 1. The van der Waals surface area contributed by atoms with Gasteiger partial charge in [-0.3, -0.25) is 9.10 Å². The number of H-pyrrole nitrogens is 1. The molecule has 0 bridgehead atoms. The molecule has 8 heteroatoms. The van der Waals surface area contributed by atoms with Crippen LogP contribution in [0.15, 0.2) is 48.5 Å². The lowest BCUT2D eigenvalue weighted by Gasteiger charge is -2.19. The van der Waals surface area contributed by atoms with Crippen LogP contribution in [0, 0.1) is 12.7 Å². The summed E-state index contributed by atoms with van der Waals surface area (Å²) in [4.78, 5) is 15.5. The van der Waals surface area contributed by atoms with E-state index in [4.69, 9.17) is 0 Å². The summed E-state index contributed by atoms with van der Waals surface area (Å²) in [5.74, 6) is -1.13. The van der Waals surface area contributed by atoms with Crippen molar-refractivity contribution in [3.8, 4) is 0 Å². The van der Waals surface area contributed by atoms with Gasteiger partial charge >= 0.3 is 0 Å². The molecule has 2 N–H and O–H groups in total. The Bertz CT molecular complexity index is 1080. The van der Waals surface area contributed by atoms with Gasteiger partial charge in [-0.2, -0.15) is 0 Å². The van der Waals surface area contributed by atoms with Gasteiger partial charge in [0.15, 0.2) is 0 Å². The van der Waals surface area contributed by atoms with Crippen molar-refractivity contribution in [3.05, 3.63) is 65.6 Å². The Labute approximate surface area is 157 Å². The molecule has 0 aliphatic carbocycles. The lowest BCUT2D eigenvalue weighted by atomic mass is 10.1. The molecule has 0 atom stereocenters. The van der Waals surface area contributed by atoms with E-state index in [-0.39, 0.29) is 12.3 Å². The largest absolute Gasteiger partial charge is 0.358 e. The van der Waals surface area contributed by atoms with E-state index in [1.807, 2.05) is 0 Å². The summed E-state index contributed by atoms with van der Waals surface area (Å²) < 4.78 is 39.6. The minimum Gasteiger partial charge on any atom is -0.358 e. The van der Waals surface area contributed by atoms with Gasteiger partial charge in [-0.1, -0.05) is 18.2 Å². The number of nitrogens with zero attached hydrogens (tertiary/aromatic N) is 1. The van der Waals surface area contributed by atoms with Crippen molar-refractivity contribution in [2.24, 2.45) is 0 Å². The van der Waals surface area contributed by atoms with Crippen molar-refractivity contribution in [2.45, 2.75) is 6.92 Å². The van der Waals surface area contributed by atoms with Crippen molar-refractivity contribution in [1.29, 1.82) is 0 Å². The number of aromatic amines is 1. The van der Waals surface area contributed by atoms with Crippen LogP contribution in [-0.4, -0.2) is 38.7 Å². The average Bonchev–Trinajstić information content (AvgIpc) is 2.96. The molecule has 1 heterocycles. The second-order valence-corrected chi connectivity index (χ2v) is 8.31. The van der Waals surface area contributed by atoms with Gasteiger partial charge in [-0.15, -0.1) is 0 Å². The highest BCUT2D eigenvalue weighted by Gasteiger charge is 2.20. The molecule has 0 spiro atoms. The standard InChI is InChI=1S/C19H20FN3O3S/c1-13-18(16-12-14(20)8-9-17(16)22-13)19(24)21-10-11-27(25,26)23(2)15-6-4-3-5-7-15/h3-9,12,22H,10-11H2,1-2H3,(H,21,24). The Morgan fingerprint density at radius 3 is 2.59 bits per heavy atom. The van der Waals surface area contributed by atoms with E-state index in [0.29, 0.717) is 27.8 Å². The molecule has 1 aromatic heterocycles. The molecular formula is C19H20FN3O3S. The molecule has 0 aliphatic rings. The number of para-hydroxylation sites is 1. The molecule has 3 aromatic rings. The maximum absolute atomic E-state index is 13.5. The van der Waals surface area contributed by atoms with Crippen LogP contribution in [0.4, 0.5) is 10.1 Å². The molecule has 1 amide bonds. The van der Waals surface area contributed by atoms with E-state index in [0.717, 1.165) is 0 Å². The maximum atomic E-state index is 13.5. The first-order valence-corrected chi connectivity index (χ1v) is 9.98. The Morgan fingerprint density at radius 2 is 1.89 bits per heavy atom. The van der Waals surface area contributed by atoms with Gasteiger partial charge in [0.1, 0.15) is 5.82 Å². The second kappa shape index (κ2) is 7.40. The molecule has 2 aromatic carbocycles. The number of aromatic nitrogens is 1. The van der Waals surface area contributed by atoms with Crippen molar-refractivity contribution >= 4 is 32.5 Å². The normalized spacial score (nSPS) is 11.5. The maximum Gasteiger partial charge on any atom is 0.253 e. The number of carbonyl (C=O) groups is 1. The quantitative estimate of drug-likeness (QED) is 0.680. The monoisotopic (exact) mass is 389 g/mol. The van der Waals surface area contributed by atoms with Gasteiger partial charge in [-0.05, 0) is 37.3 Å². The van der Waals surface area contributed by atoms with Crippen molar-refractivity contribution in [2.75, 3.05) is 23.7 Å². The lowest BCUT2D eigenvalue weighted by molar-refractivity contribution is 0.0957. The Hall–Kier alpha value is -2.87. The SMILES string of the molecule is Cc1[nH]c2ccc(F)cc2c1C(=O)NCCS(=O)(=O)N(C)c1ccccc1. The first kappa shape index (κ1) is 18.9. The summed E-state index contributed by atoms with van der Waals surface area (Å²) in [6.07, 6.45) is 0. The van der Waals surface area contributed by atoms with Gasteiger partial charge in [0.05, 0.1) is 17.0 Å². The fraction of sp³-hybridized carbons (Fsp3) is 0.211. The van der Waals surface area contributed by atoms with E-state index >= 15 is 0 Å². The zero-order valence-electron chi connectivity index (χ0n) is 15.0. The van der Waals surface area contributed by atoms with Gasteiger partial charge in [-0.25, -0.2) is 12.8 Å². The molecule has 27 heavy (non-hydrogen) atoms. The average molecular weight is 389 g/mol. The van der Waals surface area contributed by atoms with Crippen molar-refractivity contribution in [1.82, 2.24) is 10.3 Å². The number of hydrogen-bond acceptors (Lipinski definition) is 3. The minimum atomic E-state index is -3.59. The Morgan fingerprint density at radius 1 is 1.19 bits per heavy atom. The van der Waals surface area contributed by atoms with Gasteiger partial charge in [0, 0.05) is 30.2 Å². The number of benzene rings is 2. The third-order valence-electron chi connectivity index (χ3n) is 4.36. The highest BCUT2D eigenvalue weighted by molar-refractivity contribution is 7.92. The van der Waals surface area contributed by atoms with Crippen molar-refractivity contribution in [3.63, 3.8) is 0 Å². The molecule has 0 radical (unpaired) electrons. The van der Waals surface area contributed by atoms with Gasteiger partial charge in [0.2, 0.25) is 10.0 Å². The molecule has 0 aliphatic heterocycles. The van der Waals surface area contributed by atoms with E-state index in [1.165, 1.54) is 23.5 Å². The summed E-state index contributed by atoms with van der Waals surface area (Å²) >= 11 is 0. The topological polar surface area (TPSA) is 82.3 Å². The lowest BCUT2D eigenvalue weighted by Crippen LogP contribution is -2.35. The third-order valence-corrected chi connectivity index (χ3v) is 6.12. The predicted molar refractivity (Wildman–Crippen MR) is 104 cm³/mol. The number of carbonyl (C=O) groups excluding carboxylic acids is 1. The van der Waals surface area contributed by atoms with E-state index in [1.54, 1.807) is 43.3 Å². The van der Waals surface area contributed by atoms with E-state index < -0.39 is 21.7 Å². The first-order valence-electron chi connectivity index (χ1n) is 8.37. The van der Waals surface area contributed by atoms with Crippen LogP contribution in [0.3, 0.4) is 0 Å². The fourth-order valence-corrected chi connectivity index (χ4v) is 3.99. The predicted octanol–water partition coefficient (Wildman–Crippen LogP) is 2.81. The van der Waals surface area contributed by atoms with Crippen LogP contribution >= 0.6 is 0 Å². The van der Waals surface area contributed by atoms with E-state index in [9.17, 15) is 17.6 Å². The summed E-state index contributed by atoms with van der Waals surface area (Å²) in [6, 6.07) is 12.9. The van der Waals surface area contributed by atoms with Crippen molar-refractivity contribution < 1.29 is 17.6 Å². The minimum absolute atomic E-state index is 0.0558. The number of nitrogens with one attached hydrogen (secondary N) is 2. The number of sulfonamides is 1. The fourth-order valence-electron chi connectivity index (χ4n) is 2.91. The Balaban J connectivity index is 1.70. The molecule has 0 saturated heterocycles. The molecule has 0 saturated carbocycles. The number of aryl methyl sites for hydroxylation is 1. The van der Waals surface area contributed by atoms with Crippen LogP contribution in [0.25, 0.3) is 10.9 Å². The highest BCUT2D eigenvalue weighted by atomic mass is 32.2. The number of fused-ring (bicyclic) bond motifs is 1. The molecule has 0 fully saturated rings. The molecule has 3 rings (SSSR count). The summed E-state index contributed by atoms with van der Waals surface area (Å²) in [6.45, 7) is 1.66. The van der Waals surface area contributed by atoms with Crippen LogP contribution in [0.5, 0.6) is 0 Å². The van der Waals surface area contributed by atoms with E-state index in [2.05, 4.69) is 10.3 Å². The summed E-state index contributed by atoms with van der Waals surface area (Å²) in [5.41, 5.74) is 2.11. The smallest absolute Gasteiger partial charge is 0.253 e.